The maximum absolute atomic E-state index is 12.2. The Morgan fingerprint density at radius 3 is 2.64 bits per heavy atom. The van der Waals surface area contributed by atoms with E-state index in [0.717, 1.165) is 16.4 Å². The van der Waals surface area contributed by atoms with Crippen molar-refractivity contribution < 1.29 is 17.6 Å². The van der Waals surface area contributed by atoms with E-state index in [0.29, 0.717) is 4.88 Å². The highest BCUT2D eigenvalue weighted by molar-refractivity contribution is 7.91. The summed E-state index contributed by atoms with van der Waals surface area (Å²) in [5, 5.41) is 2.72. The number of aryl methyl sites for hydroxylation is 1. The molecule has 1 unspecified atom stereocenters. The largest absolute Gasteiger partial charge is 0.461 e. The Labute approximate surface area is 134 Å². The molecular formula is C15H19NO4S2. The lowest BCUT2D eigenvalue weighted by atomic mass is 10.3. The molecule has 0 fully saturated rings. The van der Waals surface area contributed by atoms with Crippen molar-refractivity contribution in [1.29, 1.82) is 0 Å². The molecule has 2 heterocycles. The molecule has 1 atom stereocenters. The van der Waals surface area contributed by atoms with Crippen LogP contribution in [-0.4, -0.2) is 31.9 Å². The second-order valence-corrected chi connectivity index (χ2v) is 8.63. The van der Waals surface area contributed by atoms with Gasteiger partial charge < -0.3 is 9.73 Å². The Kier molecular flexibility index (Phi) is 5.08. The normalized spacial score (nSPS) is 13.0. The SMILES string of the molecule is CCS(=O)(=O)CC(C)NC(=O)c1ccc(-c2ccc(C)o2)s1. The third kappa shape index (κ3) is 4.20. The highest BCUT2D eigenvalue weighted by atomic mass is 32.2. The van der Waals surface area contributed by atoms with Crippen molar-refractivity contribution in [3.8, 4) is 10.6 Å². The van der Waals surface area contributed by atoms with Crippen LogP contribution in [-0.2, 0) is 9.84 Å². The number of thiophene rings is 1. The molecule has 0 bridgehead atoms. The van der Waals surface area contributed by atoms with E-state index in [4.69, 9.17) is 4.42 Å². The van der Waals surface area contributed by atoms with Crippen LogP contribution in [0.5, 0.6) is 0 Å². The molecule has 0 spiro atoms. The van der Waals surface area contributed by atoms with Crippen molar-refractivity contribution >= 4 is 27.1 Å². The van der Waals surface area contributed by atoms with Crippen LogP contribution in [0.25, 0.3) is 10.6 Å². The number of carbonyl (C=O) groups is 1. The van der Waals surface area contributed by atoms with Crippen LogP contribution < -0.4 is 5.32 Å². The molecule has 0 saturated carbocycles. The van der Waals surface area contributed by atoms with Crippen LogP contribution in [0.3, 0.4) is 0 Å². The molecule has 2 aromatic heterocycles. The van der Waals surface area contributed by atoms with Gasteiger partial charge in [0.2, 0.25) is 0 Å². The standard InChI is InChI=1S/C15H19NO4S2/c1-4-22(18,19)9-10(2)16-15(17)14-8-7-13(21-14)12-6-5-11(3)20-12/h5-8,10H,4,9H2,1-3H3,(H,16,17). The molecule has 120 valence electrons. The molecule has 22 heavy (non-hydrogen) atoms. The lowest BCUT2D eigenvalue weighted by molar-refractivity contribution is 0.0947. The van der Waals surface area contributed by atoms with Gasteiger partial charge in [0.25, 0.3) is 5.91 Å². The molecule has 7 heteroatoms. The quantitative estimate of drug-likeness (QED) is 0.876. The summed E-state index contributed by atoms with van der Waals surface area (Å²) in [7, 11) is -3.11. The Morgan fingerprint density at radius 2 is 2.05 bits per heavy atom. The van der Waals surface area contributed by atoms with Gasteiger partial charge in [0, 0.05) is 11.8 Å². The van der Waals surface area contributed by atoms with E-state index in [-0.39, 0.29) is 17.4 Å². The van der Waals surface area contributed by atoms with Gasteiger partial charge in [0.05, 0.1) is 15.5 Å². The summed E-state index contributed by atoms with van der Waals surface area (Å²) in [6.45, 7) is 5.15. The minimum Gasteiger partial charge on any atom is -0.461 e. The molecular weight excluding hydrogens is 322 g/mol. The topological polar surface area (TPSA) is 76.4 Å². The van der Waals surface area contributed by atoms with E-state index in [1.807, 2.05) is 25.1 Å². The molecule has 0 aliphatic rings. The molecule has 0 aliphatic carbocycles. The second-order valence-electron chi connectivity index (χ2n) is 5.15. The summed E-state index contributed by atoms with van der Waals surface area (Å²) in [6.07, 6.45) is 0. The molecule has 5 nitrogen and oxygen atoms in total. The van der Waals surface area contributed by atoms with Crippen molar-refractivity contribution in [3.63, 3.8) is 0 Å². The van der Waals surface area contributed by atoms with Gasteiger partial charge in [0.1, 0.15) is 11.5 Å². The Balaban J connectivity index is 2.03. The van der Waals surface area contributed by atoms with Crippen LogP contribution in [0.1, 0.15) is 29.3 Å². The molecule has 0 aromatic carbocycles. The first kappa shape index (κ1) is 16.8. The Morgan fingerprint density at radius 1 is 1.32 bits per heavy atom. The van der Waals surface area contributed by atoms with E-state index in [1.54, 1.807) is 19.9 Å². The average molecular weight is 341 g/mol. The van der Waals surface area contributed by atoms with E-state index in [9.17, 15) is 13.2 Å². The molecule has 2 rings (SSSR count). The van der Waals surface area contributed by atoms with E-state index in [1.165, 1.54) is 11.3 Å². The van der Waals surface area contributed by atoms with Crippen LogP contribution in [0.4, 0.5) is 0 Å². The average Bonchev–Trinajstić information content (AvgIpc) is 3.06. The van der Waals surface area contributed by atoms with Crippen LogP contribution in [0.2, 0.25) is 0 Å². The van der Waals surface area contributed by atoms with Gasteiger partial charge in [-0.25, -0.2) is 8.42 Å². The van der Waals surface area contributed by atoms with Gasteiger partial charge in [-0.05, 0) is 38.1 Å². The fraction of sp³-hybridized carbons (Fsp3) is 0.400. The monoisotopic (exact) mass is 341 g/mol. The predicted octanol–water partition coefficient (Wildman–Crippen LogP) is 2.87. The number of hydrogen-bond acceptors (Lipinski definition) is 5. The first-order valence-electron chi connectivity index (χ1n) is 6.98. The number of furan rings is 1. The van der Waals surface area contributed by atoms with Crippen LogP contribution in [0.15, 0.2) is 28.7 Å². The summed E-state index contributed by atoms with van der Waals surface area (Å²) in [4.78, 5) is 13.6. The maximum atomic E-state index is 12.2. The van der Waals surface area contributed by atoms with Crippen molar-refractivity contribution in [2.24, 2.45) is 0 Å². The van der Waals surface area contributed by atoms with Crippen molar-refractivity contribution in [3.05, 3.63) is 34.9 Å². The zero-order valence-electron chi connectivity index (χ0n) is 12.8. The van der Waals surface area contributed by atoms with E-state index in [2.05, 4.69) is 5.32 Å². The third-order valence-electron chi connectivity index (χ3n) is 3.13. The summed E-state index contributed by atoms with van der Waals surface area (Å²) in [5.41, 5.74) is 0. The van der Waals surface area contributed by atoms with Gasteiger partial charge in [0.15, 0.2) is 9.84 Å². The van der Waals surface area contributed by atoms with Crippen molar-refractivity contribution in [1.82, 2.24) is 5.32 Å². The molecule has 2 aromatic rings. The smallest absolute Gasteiger partial charge is 0.261 e. The van der Waals surface area contributed by atoms with Crippen molar-refractivity contribution in [2.45, 2.75) is 26.8 Å². The summed E-state index contributed by atoms with van der Waals surface area (Å²) < 4.78 is 28.6. The number of hydrogen-bond donors (Lipinski definition) is 1. The number of sulfone groups is 1. The highest BCUT2D eigenvalue weighted by Crippen LogP contribution is 2.29. The second kappa shape index (κ2) is 6.66. The molecule has 0 radical (unpaired) electrons. The number of nitrogens with one attached hydrogen (secondary N) is 1. The third-order valence-corrected chi connectivity index (χ3v) is 6.12. The van der Waals surface area contributed by atoms with Crippen molar-refractivity contribution in [2.75, 3.05) is 11.5 Å². The number of amides is 1. The zero-order valence-corrected chi connectivity index (χ0v) is 14.4. The van der Waals surface area contributed by atoms with E-state index >= 15 is 0 Å². The molecule has 0 saturated heterocycles. The van der Waals surface area contributed by atoms with Gasteiger partial charge in [-0.1, -0.05) is 6.92 Å². The predicted molar refractivity (Wildman–Crippen MR) is 88.0 cm³/mol. The molecule has 0 aliphatic heterocycles. The maximum Gasteiger partial charge on any atom is 0.261 e. The first-order valence-corrected chi connectivity index (χ1v) is 9.62. The molecule has 1 N–H and O–H groups in total. The fourth-order valence-electron chi connectivity index (χ4n) is 1.99. The Bertz CT molecular complexity index is 758. The summed E-state index contributed by atoms with van der Waals surface area (Å²) in [5.74, 6) is 1.30. The minimum atomic E-state index is -3.11. The van der Waals surface area contributed by atoms with Gasteiger partial charge in [-0.2, -0.15) is 0 Å². The summed E-state index contributed by atoms with van der Waals surface area (Å²) >= 11 is 1.32. The Hall–Kier alpha value is -1.60. The van der Waals surface area contributed by atoms with Crippen LogP contribution in [0, 0.1) is 6.92 Å². The number of rotatable bonds is 6. The fourth-order valence-corrected chi connectivity index (χ4v) is 3.95. The van der Waals surface area contributed by atoms with Gasteiger partial charge >= 0.3 is 0 Å². The van der Waals surface area contributed by atoms with Gasteiger partial charge in [-0.3, -0.25) is 4.79 Å². The zero-order chi connectivity index (χ0) is 16.3. The lowest BCUT2D eigenvalue weighted by Gasteiger charge is -2.12. The highest BCUT2D eigenvalue weighted by Gasteiger charge is 2.18. The van der Waals surface area contributed by atoms with E-state index < -0.39 is 15.9 Å². The summed E-state index contributed by atoms with van der Waals surface area (Å²) in [6, 6.07) is 6.85. The first-order chi connectivity index (χ1) is 10.3. The van der Waals surface area contributed by atoms with Gasteiger partial charge in [-0.15, -0.1) is 11.3 Å². The number of carbonyl (C=O) groups excluding carboxylic acids is 1. The minimum absolute atomic E-state index is 0.0507. The molecule has 1 amide bonds. The van der Waals surface area contributed by atoms with Crippen LogP contribution >= 0.6 is 11.3 Å². The lowest BCUT2D eigenvalue weighted by Crippen LogP contribution is -2.37.